The molecule has 0 saturated carbocycles. The van der Waals surface area contributed by atoms with Crippen LogP contribution in [0.4, 0.5) is 4.39 Å². The van der Waals surface area contributed by atoms with Crippen molar-refractivity contribution in [3.8, 4) is 5.75 Å². The summed E-state index contributed by atoms with van der Waals surface area (Å²) in [7, 11) is 0. The summed E-state index contributed by atoms with van der Waals surface area (Å²) in [5, 5.41) is -0.173. The largest absolute Gasteiger partial charge is 0.488 e. The number of ether oxygens (including phenoxy) is 1. The van der Waals surface area contributed by atoms with E-state index in [0.29, 0.717) is 23.0 Å². The maximum absolute atomic E-state index is 13.2. The molecule has 1 heterocycles. The molecule has 0 bridgehead atoms. The van der Waals surface area contributed by atoms with Crippen LogP contribution in [-0.2, 0) is 17.8 Å². The van der Waals surface area contributed by atoms with Gasteiger partial charge in [-0.15, -0.1) is 0 Å². The summed E-state index contributed by atoms with van der Waals surface area (Å²) in [6.45, 7) is 2.82. The van der Waals surface area contributed by atoms with Gasteiger partial charge in [-0.3, -0.25) is 9.69 Å². The number of rotatable bonds is 6. The number of hydrogen-bond acceptors (Lipinski definition) is 4. The van der Waals surface area contributed by atoms with Crippen LogP contribution in [0.25, 0.3) is 0 Å². The molecule has 1 fully saturated rings. The number of halogens is 2. The molecule has 0 aliphatic carbocycles. The van der Waals surface area contributed by atoms with Gasteiger partial charge in [0.2, 0.25) is 5.91 Å². The molecule has 0 aromatic heterocycles. The minimum atomic E-state index is -0.279. The monoisotopic (exact) mass is 453 g/mol. The molecule has 0 spiro atoms. The summed E-state index contributed by atoms with van der Waals surface area (Å²) >= 11 is 10.2. The lowest BCUT2D eigenvalue weighted by Crippen LogP contribution is -2.31. The second-order valence-electron chi connectivity index (χ2n) is 5.84. The summed E-state index contributed by atoms with van der Waals surface area (Å²) in [5.41, 5.74) is 1.80. The Morgan fingerprint density at radius 3 is 2.73 bits per heavy atom. The Morgan fingerprint density at radius 1 is 1.27 bits per heavy atom. The van der Waals surface area contributed by atoms with E-state index in [9.17, 15) is 9.18 Å². The van der Waals surface area contributed by atoms with Gasteiger partial charge in [0.25, 0.3) is 0 Å². The lowest BCUT2D eigenvalue weighted by molar-refractivity contribution is -0.125. The maximum Gasteiger partial charge on any atom is 0.241 e. The van der Waals surface area contributed by atoms with Crippen LogP contribution in [0.15, 0.2) is 46.9 Å². The van der Waals surface area contributed by atoms with E-state index in [4.69, 9.17) is 17.0 Å². The van der Waals surface area contributed by atoms with Gasteiger partial charge in [0.15, 0.2) is 0 Å². The van der Waals surface area contributed by atoms with Crippen LogP contribution < -0.4 is 4.74 Å². The summed E-state index contributed by atoms with van der Waals surface area (Å²) in [6.07, 6.45) is 0.614. The van der Waals surface area contributed by atoms with Crippen molar-refractivity contribution in [2.75, 3.05) is 6.54 Å². The van der Waals surface area contributed by atoms with Crippen molar-refractivity contribution in [3.05, 3.63) is 63.9 Å². The van der Waals surface area contributed by atoms with E-state index in [-0.39, 0.29) is 23.6 Å². The number of amides is 1. The molecule has 1 saturated heterocycles. The van der Waals surface area contributed by atoms with Crippen molar-refractivity contribution in [2.45, 2.75) is 25.2 Å². The average molecular weight is 454 g/mol. The Labute approximate surface area is 170 Å². The topological polar surface area (TPSA) is 29.5 Å². The molecular weight excluding hydrogens is 437 g/mol. The second-order valence-corrected chi connectivity index (χ2v) is 8.53. The van der Waals surface area contributed by atoms with Crippen LogP contribution in [0.1, 0.15) is 18.1 Å². The average Bonchev–Trinajstić information content (AvgIpc) is 2.87. The van der Waals surface area contributed by atoms with E-state index in [1.165, 1.54) is 23.9 Å². The zero-order chi connectivity index (χ0) is 18.7. The molecule has 26 heavy (non-hydrogen) atoms. The first-order chi connectivity index (χ1) is 12.5. The number of hydrogen-bond donors (Lipinski definition) is 0. The first kappa shape index (κ1) is 19.3. The molecule has 2 aromatic carbocycles. The van der Waals surface area contributed by atoms with Gasteiger partial charge >= 0.3 is 0 Å². The van der Waals surface area contributed by atoms with E-state index >= 15 is 0 Å². The van der Waals surface area contributed by atoms with Crippen LogP contribution >= 0.6 is 39.9 Å². The van der Waals surface area contributed by atoms with E-state index in [0.717, 1.165) is 15.6 Å². The molecule has 2 aromatic rings. The Bertz CT molecular complexity index is 846. The Hall–Kier alpha value is -1.44. The van der Waals surface area contributed by atoms with Gasteiger partial charge in [-0.25, -0.2) is 4.39 Å². The van der Waals surface area contributed by atoms with Crippen molar-refractivity contribution in [1.82, 2.24) is 4.90 Å². The highest BCUT2D eigenvalue weighted by Crippen LogP contribution is 2.32. The SMILES string of the molecule is CCN1C(=O)[C@H](Cc2ccc(OCc3cccc(F)c3)c(Br)c2)SC1=S. The normalized spacial score (nSPS) is 17.0. The number of thiocarbonyl (C=S) groups is 1. The van der Waals surface area contributed by atoms with Gasteiger partial charge in [-0.05, 0) is 64.7 Å². The van der Waals surface area contributed by atoms with Gasteiger partial charge in [0.1, 0.15) is 22.5 Å². The summed E-state index contributed by atoms with van der Waals surface area (Å²) in [4.78, 5) is 14.0. The van der Waals surface area contributed by atoms with E-state index in [1.807, 2.05) is 31.2 Å². The molecule has 1 amide bonds. The molecule has 0 N–H and O–H groups in total. The van der Waals surface area contributed by atoms with E-state index in [2.05, 4.69) is 15.9 Å². The standard InChI is InChI=1S/C19H17BrFNO2S2/c1-2-22-18(23)17(26-19(22)25)10-12-6-7-16(15(20)9-12)24-11-13-4-3-5-14(21)8-13/h3-9,17H,2,10-11H2,1H3/t17-/m0/s1. The van der Waals surface area contributed by atoms with Crippen LogP contribution in [0.2, 0.25) is 0 Å². The minimum absolute atomic E-state index is 0.0741. The molecule has 0 unspecified atom stereocenters. The highest BCUT2D eigenvalue weighted by atomic mass is 79.9. The van der Waals surface area contributed by atoms with E-state index < -0.39 is 0 Å². The molecular formula is C19H17BrFNO2S2. The molecule has 7 heteroatoms. The summed E-state index contributed by atoms with van der Waals surface area (Å²) in [5.74, 6) is 0.470. The maximum atomic E-state index is 13.2. The van der Waals surface area contributed by atoms with E-state index in [1.54, 1.807) is 11.0 Å². The fourth-order valence-electron chi connectivity index (χ4n) is 2.70. The van der Waals surface area contributed by atoms with Crippen LogP contribution in [0.3, 0.4) is 0 Å². The van der Waals surface area contributed by atoms with Crippen LogP contribution in [-0.4, -0.2) is 26.9 Å². The first-order valence-corrected chi connectivity index (χ1v) is 10.2. The van der Waals surface area contributed by atoms with Crippen molar-refractivity contribution in [2.24, 2.45) is 0 Å². The van der Waals surface area contributed by atoms with Crippen molar-refractivity contribution < 1.29 is 13.9 Å². The van der Waals surface area contributed by atoms with Crippen molar-refractivity contribution in [1.29, 1.82) is 0 Å². The third-order valence-electron chi connectivity index (χ3n) is 4.02. The Balaban J connectivity index is 1.64. The van der Waals surface area contributed by atoms with Crippen LogP contribution in [0.5, 0.6) is 5.75 Å². The van der Waals surface area contributed by atoms with Crippen molar-refractivity contribution >= 4 is 50.1 Å². The van der Waals surface area contributed by atoms with Crippen LogP contribution in [0, 0.1) is 5.82 Å². The molecule has 1 aliphatic heterocycles. The quantitative estimate of drug-likeness (QED) is 0.578. The Kier molecular flexibility index (Phi) is 6.32. The van der Waals surface area contributed by atoms with Gasteiger partial charge in [-0.1, -0.05) is 42.2 Å². The lowest BCUT2D eigenvalue weighted by atomic mass is 10.1. The fraction of sp³-hybridized carbons (Fsp3) is 0.263. The zero-order valence-electron chi connectivity index (χ0n) is 14.1. The highest BCUT2D eigenvalue weighted by molar-refractivity contribution is 9.10. The minimum Gasteiger partial charge on any atom is -0.488 e. The first-order valence-electron chi connectivity index (χ1n) is 8.15. The number of carbonyl (C=O) groups is 1. The number of thioether (sulfide) groups is 1. The summed E-state index contributed by atoms with van der Waals surface area (Å²) < 4.78 is 20.4. The predicted octanol–water partition coefficient (Wildman–Crippen LogP) is 4.96. The number of nitrogens with zero attached hydrogens (tertiary/aromatic N) is 1. The smallest absolute Gasteiger partial charge is 0.241 e. The molecule has 1 atom stereocenters. The molecule has 3 nitrogen and oxygen atoms in total. The number of benzene rings is 2. The molecule has 3 rings (SSSR count). The molecule has 1 aliphatic rings. The third-order valence-corrected chi connectivity index (χ3v) is 6.23. The lowest BCUT2D eigenvalue weighted by Gasteiger charge is -2.13. The molecule has 0 radical (unpaired) electrons. The van der Waals surface area contributed by atoms with Gasteiger partial charge < -0.3 is 4.74 Å². The molecule has 136 valence electrons. The van der Waals surface area contributed by atoms with Crippen molar-refractivity contribution in [3.63, 3.8) is 0 Å². The summed E-state index contributed by atoms with van der Waals surface area (Å²) in [6, 6.07) is 12.1. The van der Waals surface area contributed by atoms with Gasteiger partial charge in [0, 0.05) is 6.54 Å². The highest BCUT2D eigenvalue weighted by Gasteiger charge is 2.35. The van der Waals surface area contributed by atoms with Gasteiger partial charge in [0.05, 0.1) is 9.72 Å². The predicted molar refractivity (Wildman–Crippen MR) is 110 cm³/mol. The second kappa shape index (κ2) is 8.50. The third kappa shape index (κ3) is 4.45. The fourth-order valence-corrected chi connectivity index (χ4v) is 4.91. The number of carbonyl (C=O) groups excluding carboxylic acids is 1. The Morgan fingerprint density at radius 2 is 2.08 bits per heavy atom. The van der Waals surface area contributed by atoms with Gasteiger partial charge in [-0.2, -0.15) is 0 Å². The zero-order valence-corrected chi connectivity index (χ0v) is 17.3.